The van der Waals surface area contributed by atoms with E-state index in [2.05, 4.69) is 24.5 Å². The van der Waals surface area contributed by atoms with Gasteiger partial charge in [-0.3, -0.25) is 0 Å². The lowest BCUT2D eigenvalue weighted by atomic mass is 10.1. The summed E-state index contributed by atoms with van der Waals surface area (Å²) in [6.07, 6.45) is 5.03. The number of nitro groups is 1. The van der Waals surface area contributed by atoms with Gasteiger partial charge in [0, 0.05) is 6.54 Å². The molecule has 0 spiro atoms. The smallest absolute Gasteiger partial charge is 0.358 e. The number of aromatic nitrogens is 2. The number of hydrogen-bond donors (Lipinski definition) is 1. The molecule has 1 aromatic heterocycles. The predicted molar refractivity (Wildman–Crippen MR) is 61.1 cm³/mol. The van der Waals surface area contributed by atoms with Crippen molar-refractivity contribution in [3.8, 4) is 0 Å². The van der Waals surface area contributed by atoms with Crippen LogP contribution in [0.2, 0.25) is 0 Å². The Kier molecular flexibility index (Phi) is 4.61. The molecule has 1 atom stereocenters. The average Bonchev–Trinajstić information content (AvgIpc) is 2.63. The third kappa shape index (κ3) is 3.91. The van der Waals surface area contributed by atoms with Gasteiger partial charge < -0.3 is 14.7 Å². The van der Waals surface area contributed by atoms with Crippen LogP contribution in [-0.4, -0.2) is 20.2 Å². The van der Waals surface area contributed by atoms with Crippen LogP contribution in [0.5, 0.6) is 0 Å². The molecule has 0 aliphatic rings. The quantitative estimate of drug-likeness (QED) is 0.462. The number of rotatable bonds is 6. The average molecular weight is 229 g/mol. The molecule has 0 saturated carbocycles. The Labute approximate surface area is 94.1 Å². The molecule has 0 amide bonds. The van der Waals surface area contributed by atoms with Crippen LogP contribution in [0, 0.1) is 16.0 Å². The molecule has 0 bridgehead atoms. The van der Waals surface area contributed by atoms with Gasteiger partial charge in [0.2, 0.25) is 6.33 Å². The normalized spacial score (nSPS) is 12.7. The van der Waals surface area contributed by atoms with Crippen molar-refractivity contribution in [1.29, 1.82) is 0 Å². The molecule has 1 heterocycles. The van der Waals surface area contributed by atoms with Gasteiger partial charge in [0.05, 0.1) is 0 Å². The molecule has 84 valence electrons. The molecule has 0 aliphatic heterocycles. The van der Waals surface area contributed by atoms with E-state index in [0.29, 0.717) is 5.92 Å². The van der Waals surface area contributed by atoms with Crippen LogP contribution in [0.3, 0.4) is 0 Å². The van der Waals surface area contributed by atoms with Crippen LogP contribution >= 0.6 is 12.6 Å². The summed E-state index contributed by atoms with van der Waals surface area (Å²) >= 11 is 4.16. The number of nitrogens with zero attached hydrogens (tertiary/aromatic N) is 3. The highest BCUT2D eigenvalue weighted by atomic mass is 32.1. The molecule has 0 aromatic carbocycles. The Bertz CT molecular complexity index is 327. The van der Waals surface area contributed by atoms with Gasteiger partial charge in [0.1, 0.15) is 6.20 Å². The number of hydrogen-bond acceptors (Lipinski definition) is 4. The van der Waals surface area contributed by atoms with Gasteiger partial charge in [-0.15, -0.1) is 0 Å². The Hall–Kier alpha value is -1.04. The van der Waals surface area contributed by atoms with Crippen molar-refractivity contribution in [2.75, 3.05) is 5.75 Å². The van der Waals surface area contributed by atoms with Crippen LogP contribution in [0.1, 0.15) is 19.8 Å². The lowest BCUT2D eigenvalue weighted by Gasteiger charge is -2.08. The lowest BCUT2D eigenvalue weighted by molar-refractivity contribution is -0.389. The van der Waals surface area contributed by atoms with Crippen molar-refractivity contribution in [3.63, 3.8) is 0 Å². The molecule has 0 radical (unpaired) electrons. The summed E-state index contributed by atoms with van der Waals surface area (Å²) in [4.78, 5) is 13.6. The van der Waals surface area contributed by atoms with E-state index < -0.39 is 4.92 Å². The Balaban J connectivity index is 2.40. The van der Waals surface area contributed by atoms with Crippen molar-refractivity contribution in [3.05, 3.63) is 22.6 Å². The Morgan fingerprint density at radius 3 is 2.93 bits per heavy atom. The van der Waals surface area contributed by atoms with Gasteiger partial charge in [-0.2, -0.15) is 12.6 Å². The maximum atomic E-state index is 10.4. The second kappa shape index (κ2) is 5.75. The first-order valence-corrected chi connectivity index (χ1v) is 5.53. The van der Waals surface area contributed by atoms with Gasteiger partial charge in [0.15, 0.2) is 0 Å². The van der Waals surface area contributed by atoms with E-state index in [9.17, 15) is 10.1 Å². The summed E-state index contributed by atoms with van der Waals surface area (Å²) < 4.78 is 1.76. The second-order valence-electron chi connectivity index (χ2n) is 3.63. The van der Waals surface area contributed by atoms with Crippen molar-refractivity contribution in [2.24, 2.45) is 5.92 Å². The molecule has 0 aliphatic carbocycles. The van der Waals surface area contributed by atoms with Crippen LogP contribution in [0.25, 0.3) is 0 Å². The monoisotopic (exact) mass is 229 g/mol. The van der Waals surface area contributed by atoms with Crippen LogP contribution < -0.4 is 0 Å². The summed E-state index contributed by atoms with van der Waals surface area (Å²) in [5, 5.41) is 10.4. The fourth-order valence-corrected chi connectivity index (χ4v) is 1.74. The highest BCUT2D eigenvalue weighted by Gasteiger charge is 2.10. The largest absolute Gasteiger partial charge is 0.381 e. The summed E-state index contributed by atoms with van der Waals surface area (Å²) in [5.41, 5.74) is 0. The zero-order valence-corrected chi connectivity index (χ0v) is 9.56. The van der Waals surface area contributed by atoms with Crippen LogP contribution in [0.15, 0.2) is 12.5 Å². The van der Waals surface area contributed by atoms with E-state index in [0.717, 1.165) is 25.1 Å². The fraction of sp³-hybridized carbons (Fsp3) is 0.667. The highest BCUT2D eigenvalue weighted by Crippen LogP contribution is 2.12. The first-order valence-electron chi connectivity index (χ1n) is 4.90. The summed E-state index contributed by atoms with van der Waals surface area (Å²) in [6, 6.07) is 0. The molecule has 1 rings (SSSR count). The maximum absolute atomic E-state index is 10.4. The maximum Gasteiger partial charge on any atom is 0.381 e. The van der Waals surface area contributed by atoms with Gasteiger partial charge in [-0.25, -0.2) is 0 Å². The Morgan fingerprint density at radius 1 is 1.67 bits per heavy atom. The van der Waals surface area contributed by atoms with Crippen LogP contribution in [0.4, 0.5) is 5.82 Å². The minimum atomic E-state index is -0.479. The summed E-state index contributed by atoms with van der Waals surface area (Å²) in [6.45, 7) is 2.93. The standard InChI is InChI=1S/C9H15N3O2S/c1-8(3-5-15)2-4-11-6-9(10-7-11)12(13)14/h6-8,15H,2-5H2,1H3. The molecule has 15 heavy (non-hydrogen) atoms. The van der Waals surface area contributed by atoms with E-state index in [-0.39, 0.29) is 5.82 Å². The summed E-state index contributed by atoms with van der Waals surface area (Å²) in [7, 11) is 0. The van der Waals surface area contributed by atoms with E-state index in [1.807, 2.05) is 0 Å². The number of aryl methyl sites for hydroxylation is 1. The SMILES string of the molecule is CC(CCS)CCn1cnc([N+](=O)[O-])c1. The Morgan fingerprint density at radius 2 is 2.40 bits per heavy atom. The number of thiol groups is 1. The zero-order valence-electron chi connectivity index (χ0n) is 8.67. The fourth-order valence-electron chi connectivity index (χ4n) is 1.30. The van der Waals surface area contributed by atoms with E-state index in [4.69, 9.17) is 0 Å². The molecule has 1 aromatic rings. The predicted octanol–water partition coefficient (Wildman–Crippen LogP) is 2.14. The molecule has 0 N–H and O–H groups in total. The van der Waals surface area contributed by atoms with Crippen molar-refractivity contribution in [2.45, 2.75) is 26.3 Å². The van der Waals surface area contributed by atoms with E-state index in [1.165, 1.54) is 12.5 Å². The van der Waals surface area contributed by atoms with Gasteiger partial charge >= 0.3 is 5.82 Å². The third-order valence-corrected chi connectivity index (χ3v) is 2.57. The molecule has 0 saturated heterocycles. The van der Waals surface area contributed by atoms with Crippen LogP contribution in [-0.2, 0) is 6.54 Å². The van der Waals surface area contributed by atoms with Gasteiger partial charge in [-0.05, 0) is 34.4 Å². The minimum Gasteiger partial charge on any atom is -0.358 e. The number of imidazole rings is 1. The molecule has 6 heteroatoms. The molecule has 1 unspecified atom stereocenters. The first-order chi connectivity index (χ1) is 7.13. The molecular weight excluding hydrogens is 214 g/mol. The van der Waals surface area contributed by atoms with E-state index in [1.54, 1.807) is 4.57 Å². The lowest BCUT2D eigenvalue weighted by Crippen LogP contribution is -2.02. The highest BCUT2D eigenvalue weighted by molar-refractivity contribution is 7.80. The van der Waals surface area contributed by atoms with Gasteiger partial charge in [-0.1, -0.05) is 6.92 Å². The van der Waals surface area contributed by atoms with E-state index >= 15 is 0 Å². The van der Waals surface area contributed by atoms with Crippen molar-refractivity contribution in [1.82, 2.24) is 9.55 Å². The topological polar surface area (TPSA) is 61.0 Å². The summed E-state index contributed by atoms with van der Waals surface area (Å²) in [5.74, 6) is 1.38. The van der Waals surface area contributed by atoms with Crippen molar-refractivity contribution >= 4 is 18.4 Å². The molecule has 0 fully saturated rings. The molecular formula is C9H15N3O2S. The molecule has 5 nitrogen and oxygen atoms in total. The first kappa shape index (κ1) is 12.0. The second-order valence-corrected chi connectivity index (χ2v) is 4.08. The third-order valence-electron chi connectivity index (χ3n) is 2.31. The van der Waals surface area contributed by atoms with Gasteiger partial charge in [0.25, 0.3) is 0 Å². The minimum absolute atomic E-state index is 0.0863. The van der Waals surface area contributed by atoms with Crippen molar-refractivity contribution < 1.29 is 4.92 Å². The zero-order chi connectivity index (χ0) is 11.3.